The fraction of sp³-hybridized carbons (Fsp3) is 0.600. The molecule has 0 spiro atoms. The average Bonchev–Trinajstić information content (AvgIpc) is 2.61. The maximum atomic E-state index is 9.04. The van der Waals surface area contributed by atoms with Crippen LogP contribution in [0, 0.1) is 0 Å². The molecule has 4 heteroatoms. The van der Waals surface area contributed by atoms with Gasteiger partial charge in [-0.2, -0.15) is 0 Å². The third-order valence-electron chi connectivity index (χ3n) is 2.22. The summed E-state index contributed by atoms with van der Waals surface area (Å²) in [6, 6.07) is 4.35. The van der Waals surface area contributed by atoms with Crippen LogP contribution in [0.3, 0.4) is 0 Å². The van der Waals surface area contributed by atoms with E-state index in [4.69, 9.17) is 16.7 Å². The maximum absolute atomic E-state index is 9.04. The van der Waals surface area contributed by atoms with E-state index in [-0.39, 0.29) is 18.7 Å². The molecule has 0 radical (unpaired) electrons. The molecule has 0 saturated heterocycles. The van der Waals surface area contributed by atoms with E-state index in [0.717, 1.165) is 10.8 Å². The lowest BCUT2D eigenvalue weighted by atomic mass is 10.2. The number of nitrogens with one attached hydrogen (secondary N) is 1. The molecule has 2 atom stereocenters. The van der Waals surface area contributed by atoms with Crippen LogP contribution in [0.5, 0.6) is 0 Å². The minimum Gasteiger partial charge on any atom is -0.395 e. The maximum Gasteiger partial charge on any atom is 0.0931 e. The summed E-state index contributed by atoms with van der Waals surface area (Å²) in [5.74, 6) is 0. The molecule has 2 nitrogen and oxygen atoms in total. The van der Waals surface area contributed by atoms with E-state index in [9.17, 15) is 0 Å². The monoisotopic (exact) mass is 233 g/mol. The van der Waals surface area contributed by atoms with Crippen molar-refractivity contribution in [3.63, 3.8) is 0 Å². The molecule has 0 fully saturated rings. The fourth-order valence-electron chi connectivity index (χ4n) is 1.30. The normalized spacial score (nSPS) is 15.4. The van der Waals surface area contributed by atoms with Crippen LogP contribution in [0.25, 0.3) is 0 Å². The van der Waals surface area contributed by atoms with Crippen molar-refractivity contribution >= 4 is 22.9 Å². The lowest BCUT2D eigenvalue weighted by Gasteiger charge is -2.19. The smallest absolute Gasteiger partial charge is 0.0931 e. The number of halogens is 1. The van der Waals surface area contributed by atoms with Crippen LogP contribution in [0.15, 0.2) is 12.1 Å². The SMILES string of the molecule is CC[C@H](CO)NC(C)c1ccc(Cl)s1. The molecule has 80 valence electrons. The molecule has 1 aromatic heterocycles. The second-order valence-corrected chi connectivity index (χ2v) is 5.06. The summed E-state index contributed by atoms with van der Waals surface area (Å²) in [6.07, 6.45) is 0.931. The predicted octanol–water partition coefficient (Wildman–Crippen LogP) is 2.82. The quantitative estimate of drug-likeness (QED) is 0.820. The van der Waals surface area contributed by atoms with E-state index in [1.807, 2.05) is 12.1 Å². The Morgan fingerprint density at radius 2 is 2.29 bits per heavy atom. The zero-order valence-corrected chi connectivity index (χ0v) is 10.0. The largest absolute Gasteiger partial charge is 0.395 e. The number of thiophene rings is 1. The van der Waals surface area contributed by atoms with E-state index in [1.54, 1.807) is 11.3 Å². The van der Waals surface area contributed by atoms with Crippen LogP contribution < -0.4 is 5.32 Å². The molecular weight excluding hydrogens is 218 g/mol. The molecule has 0 aliphatic rings. The van der Waals surface area contributed by atoms with Crippen LogP contribution in [-0.4, -0.2) is 17.8 Å². The predicted molar refractivity (Wildman–Crippen MR) is 62.0 cm³/mol. The van der Waals surface area contributed by atoms with Gasteiger partial charge in [-0.05, 0) is 25.5 Å². The first-order chi connectivity index (χ1) is 6.67. The number of aliphatic hydroxyl groups excluding tert-OH is 1. The summed E-state index contributed by atoms with van der Waals surface area (Å²) < 4.78 is 0.811. The van der Waals surface area contributed by atoms with E-state index < -0.39 is 0 Å². The lowest BCUT2D eigenvalue weighted by Crippen LogP contribution is -2.33. The van der Waals surface area contributed by atoms with Crippen LogP contribution >= 0.6 is 22.9 Å². The molecule has 1 heterocycles. The Kier molecular flexibility index (Phi) is 4.89. The summed E-state index contributed by atoms with van der Waals surface area (Å²) in [7, 11) is 0. The molecule has 1 rings (SSSR count). The number of aliphatic hydroxyl groups is 1. The lowest BCUT2D eigenvalue weighted by molar-refractivity contribution is 0.230. The summed E-state index contributed by atoms with van der Waals surface area (Å²) in [4.78, 5) is 1.21. The van der Waals surface area contributed by atoms with Crippen molar-refractivity contribution in [3.8, 4) is 0 Å². The Hall–Kier alpha value is -0.0900. The van der Waals surface area contributed by atoms with Crippen LogP contribution in [0.4, 0.5) is 0 Å². The molecule has 0 aliphatic carbocycles. The van der Waals surface area contributed by atoms with Gasteiger partial charge in [0.2, 0.25) is 0 Å². The molecule has 1 aromatic rings. The highest BCUT2D eigenvalue weighted by Gasteiger charge is 2.12. The van der Waals surface area contributed by atoms with Gasteiger partial charge >= 0.3 is 0 Å². The topological polar surface area (TPSA) is 32.3 Å². The van der Waals surface area contributed by atoms with Gasteiger partial charge in [0, 0.05) is 17.0 Å². The fourth-order valence-corrected chi connectivity index (χ4v) is 2.37. The summed E-state index contributed by atoms with van der Waals surface area (Å²) in [5, 5.41) is 12.4. The van der Waals surface area contributed by atoms with Crippen molar-refractivity contribution < 1.29 is 5.11 Å². The molecular formula is C10H16ClNOS. The first kappa shape index (κ1) is 12.0. The van der Waals surface area contributed by atoms with Crippen molar-refractivity contribution in [2.24, 2.45) is 0 Å². The third-order valence-corrected chi connectivity index (χ3v) is 3.63. The van der Waals surface area contributed by atoms with Crippen LogP contribution in [0.1, 0.15) is 31.2 Å². The summed E-state index contributed by atoms with van der Waals surface area (Å²) >= 11 is 7.43. The van der Waals surface area contributed by atoms with Crippen molar-refractivity contribution in [1.82, 2.24) is 5.32 Å². The molecule has 0 aromatic carbocycles. The molecule has 0 saturated carbocycles. The van der Waals surface area contributed by atoms with Crippen molar-refractivity contribution in [3.05, 3.63) is 21.3 Å². The van der Waals surface area contributed by atoms with Crippen LogP contribution in [-0.2, 0) is 0 Å². The van der Waals surface area contributed by atoms with E-state index >= 15 is 0 Å². The molecule has 0 bridgehead atoms. The van der Waals surface area contributed by atoms with Gasteiger partial charge in [-0.15, -0.1) is 11.3 Å². The first-order valence-electron chi connectivity index (χ1n) is 4.79. The Morgan fingerprint density at radius 3 is 2.71 bits per heavy atom. The van der Waals surface area contributed by atoms with Gasteiger partial charge < -0.3 is 10.4 Å². The molecule has 0 amide bonds. The van der Waals surface area contributed by atoms with Gasteiger partial charge in [-0.25, -0.2) is 0 Å². The van der Waals surface area contributed by atoms with Crippen LogP contribution in [0.2, 0.25) is 4.34 Å². The Morgan fingerprint density at radius 1 is 1.57 bits per heavy atom. The molecule has 14 heavy (non-hydrogen) atoms. The Balaban J connectivity index is 2.53. The zero-order chi connectivity index (χ0) is 10.6. The van der Waals surface area contributed by atoms with Crippen molar-refractivity contribution in [1.29, 1.82) is 0 Å². The third kappa shape index (κ3) is 3.24. The standard InChI is InChI=1S/C10H16ClNOS/c1-3-8(6-13)12-7(2)9-4-5-10(11)14-9/h4-5,7-8,12-13H,3,6H2,1-2H3/t7?,8-/m1/s1. The number of rotatable bonds is 5. The summed E-state index contributed by atoms with van der Waals surface area (Å²) in [5.41, 5.74) is 0. The highest BCUT2D eigenvalue weighted by molar-refractivity contribution is 7.16. The van der Waals surface area contributed by atoms with Gasteiger partial charge in [-0.3, -0.25) is 0 Å². The van der Waals surface area contributed by atoms with Gasteiger partial charge in [0.05, 0.1) is 10.9 Å². The van der Waals surface area contributed by atoms with Gasteiger partial charge in [-0.1, -0.05) is 18.5 Å². The molecule has 1 unspecified atom stereocenters. The Labute approximate surface area is 93.9 Å². The summed E-state index contributed by atoms with van der Waals surface area (Å²) in [6.45, 7) is 4.32. The highest BCUT2D eigenvalue weighted by Crippen LogP contribution is 2.26. The first-order valence-corrected chi connectivity index (χ1v) is 5.99. The Bertz CT molecular complexity index is 273. The van der Waals surface area contributed by atoms with Gasteiger partial charge in [0.1, 0.15) is 0 Å². The molecule has 0 aliphatic heterocycles. The minimum absolute atomic E-state index is 0.172. The second kappa shape index (κ2) is 5.71. The van der Waals surface area contributed by atoms with E-state index in [0.29, 0.717) is 0 Å². The van der Waals surface area contributed by atoms with E-state index in [2.05, 4.69) is 19.2 Å². The molecule has 2 N–H and O–H groups in total. The minimum atomic E-state index is 0.172. The van der Waals surface area contributed by atoms with Crippen molar-refractivity contribution in [2.45, 2.75) is 32.4 Å². The number of hydrogen-bond acceptors (Lipinski definition) is 3. The average molecular weight is 234 g/mol. The van der Waals surface area contributed by atoms with Crippen molar-refractivity contribution in [2.75, 3.05) is 6.61 Å². The van der Waals surface area contributed by atoms with Gasteiger partial charge in [0.25, 0.3) is 0 Å². The second-order valence-electron chi connectivity index (χ2n) is 3.32. The highest BCUT2D eigenvalue weighted by atomic mass is 35.5. The number of hydrogen-bond donors (Lipinski definition) is 2. The van der Waals surface area contributed by atoms with Gasteiger partial charge in [0.15, 0.2) is 0 Å². The van der Waals surface area contributed by atoms with E-state index in [1.165, 1.54) is 4.88 Å². The zero-order valence-electron chi connectivity index (χ0n) is 8.46.